The highest BCUT2D eigenvalue weighted by Gasteiger charge is 2.17. The van der Waals surface area contributed by atoms with Crippen LogP contribution in [0.2, 0.25) is 5.28 Å². The Kier molecular flexibility index (Phi) is 2.84. The fourth-order valence-electron chi connectivity index (χ4n) is 1.23. The molecule has 0 spiro atoms. The van der Waals surface area contributed by atoms with Gasteiger partial charge in [0.15, 0.2) is 5.82 Å². The van der Waals surface area contributed by atoms with Gasteiger partial charge in [0.2, 0.25) is 11.2 Å². The lowest BCUT2D eigenvalue weighted by Crippen LogP contribution is -2.03. The molecular weight excluding hydrogens is 257 g/mol. The fraction of sp³-hybridized carbons (Fsp3) is 0. The van der Waals surface area contributed by atoms with Crippen molar-refractivity contribution in [3.8, 4) is 11.4 Å². The first-order chi connectivity index (χ1) is 7.97. The van der Waals surface area contributed by atoms with Gasteiger partial charge < -0.3 is 5.73 Å². The second kappa shape index (κ2) is 4.17. The van der Waals surface area contributed by atoms with Crippen LogP contribution in [0.3, 0.4) is 0 Å². The predicted octanol–water partition coefficient (Wildman–Crippen LogP) is 2.19. The molecule has 0 unspecified atom stereocenters. The minimum Gasteiger partial charge on any atom is -0.368 e. The van der Waals surface area contributed by atoms with Crippen molar-refractivity contribution in [3.63, 3.8) is 0 Å². The molecule has 1 heterocycles. The number of halogens is 4. The molecule has 2 N–H and O–H groups in total. The third-order valence-corrected chi connectivity index (χ3v) is 2.02. The topological polar surface area (TPSA) is 64.7 Å². The van der Waals surface area contributed by atoms with Gasteiger partial charge in [0.05, 0.1) is 5.56 Å². The molecule has 2 rings (SSSR count). The number of nitrogen functional groups attached to an aromatic ring is 1. The van der Waals surface area contributed by atoms with Gasteiger partial charge in [0.25, 0.3) is 0 Å². The van der Waals surface area contributed by atoms with E-state index in [-0.39, 0.29) is 11.2 Å². The Morgan fingerprint density at radius 3 is 2.12 bits per heavy atom. The van der Waals surface area contributed by atoms with E-state index >= 15 is 0 Å². The highest BCUT2D eigenvalue weighted by atomic mass is 35.5. The van der Waals surface area contributed by atoms with Crippen LogP contribution in [-0.4, -0.2) is 15.0 Å². The zero-order chi connectivity index (χ0) is 12.6. The van der Waals surface area contributed by atoms with E-state index in [0.29, 0.717) is 12.1 Å². The Morgan fingerprint density at radius 2 is 1.59 bits per heavy atom. The number of rotatable bonds is 1. The van der Waals surface area contributed by atoms with Gasteiger partial charge in [-0.2, -0.15) is 15.0 Å². The van der Waals surface area contributed by atoms with Gasteiger partial charge in [-0.3, -0.25) is 0 Å². The molecule has 1 aromatic carbocycles. The van der Waals surface area contributed by atoms with Crippen molar-refractivity contribution in [1.82, 2.24) is 15.0 Å². The van der Waals surface area contributed by atoms with Crippen LogP contribution in [0.4, 0.5) is 19.1 Å². The molecule has 0 fully saturated rings. The lowest BCUT2D eigenvalue weighted by Gasteiger charge is -2.04. The molecule has 17 heavy (non-hydrogen) atoms. The van der Waals surface area contributed by atoms with Crippen LogP contribution in [0.15, 0.2) is 12.1 Å². The highest BCUT2D eigenvalue weighted by Crippen LogP contribution is 2.24. The third kappa shape index (κ3) is 2.28. The van der Waals surface area contributed by atoms with Gasteiger partial charge in [-0.15, -0.1) is 0 Å². The standard InChI is InChI=1S/C9H4ClF3N4/c10-8-15-7(16-9(14)17-8)6-4(12)1-3(11)2-5(6)13/h1-2H,(H2,14,15,16,17). The van der Waals surface area contributed by atoms with Crippen molar-refractivity contribution in [2.75, 3.05) is 5.73 Å². The second-order valence-electron chi connectivity index (χ2n) is 3.03. The number of benzene rings is 1. The normalized spacial score (nSPS) is 10.6. The van der Waals surface area contributed by atoms with E-state index in [1.165, 1.54) is 0 Å². The van der Waals surface area contributed by atoms with Gasteiger partial charge >= 0.3 is 0 Å². The van der Waals surface area contributed by atoms with Gasteiger partial charge in [0, 0.05) is 12.1 Å². The van der Waals surface area contributed by atoms with E-state index in [4.69, 9.17) is 17.3 Å². The van der Waals surface area contributed by atoms with Gasteiger partial charge in [0.1, 0.15) is 17.5 Å². The molecule has 4 nitrogen and oxygen atoms in total. The fourth-order valence-corrected chi connectivity index (χ4v) is 1.40. The van der Waals surface area contributed by atoms with Gasteiger partial charge in [-0.25, -0.2) is 13.2 Å². The summed E-state index contributed by atoms with van der Waals surface area (Å²) in [5, 5.41) is -0.310. The lowest BCUT2D eigenvalue weighted by molar-refractivity contribution is 0.546. The molecular formula is C9H4ClF3N4. The van der Waals surface area contributed by atoms with Crippen LogP contribution in [0.1, 0.15) is 0 Å². The lowest BCUT2D eigenvalue weighted by atomic mass is 10.2. The van der Waals surface area contributed by atoms with E-state index in [9.17, 15) is 13.2 Å². The molecule has 0 aliphatic rings. The Bertz CT molecular complexity index is 547. The molecule has 1 aromatic heterocycles. The second-order valence-corrected chi connectivity index (χ2v) is 3.37. The number of aromatic nitrogens is 3. The van der Waals surface area contributed by atoms with E-state index in [2.05, 4.69) is 15.0 Å². The maximum Gasteiger partial charge on any atom is 0.227 e. The van der Waals surface area contributed by atoms with Crippen LogP contribution in [0, 0.1) is 17.5 Å². The first-order valence-electron chi connectivity index (χ1n) is 4.29. The van der Waals surface area contributed by atoms with Crippen molar-refractivity contribution < 1.29 is 13.2 Å². The molecule has 0 saturated heterocycles. The van der Waals surface area contributed by atoms with Crippen LogP contribution < -0.4 is 5.73 Å². The largest absolute Gasteiger partial charge is 0.368 e. The molecule has 0 saturated carbocycles. The van der Waals surface area contributed by atoms with E-state index in [0.717, 1.165) is 0 Å². The molecule has 0 bridgehead atoms. The van der Waals surface area contributed by atoms with Gasteiger partial charge in [-0.05, 0) is 11.6 Å². The number of hydrogen-bond donors (Lipinski definition) is 1. The van der Waals surface area contributed by atoms with Crippen LogP contribution in [0.25, 0.3) is 11.4 Å². The van der Waals surface area contributed by atoms with Crippen molar-refractivity contribution in [1.29, 1.82) is 0 Å². The molecule has 0 amide bonds. The van der Waals surface area contributed by atoms with Crippen molar-refractivity contribution in [2.24, 2.45) is 0 Å². The Morgan fingerprint density at radius 1 is 1.00 bits per heavy atom. The number of nitrogens with zero attached hydrogens (tertiary/aromatic N) is 3. The number of nitrogens with two attached hydrogens (primary N) is 1. The maximum absolute atomic E-state index is 13.4. The third-order valence-electron chi connectivity index (χ3n) is 1.86. The smallest absolute Gasteiger partial charge is 0.227 e. The molecule has 0 radical (unpaired) electrons. The number of anilines is 1. The summed E-state index contributed by atoms with van der Waals surface area (Å²) in [6.45, 7) is 0. The SMILES string of the molecule is Nc1nc(Cl)nc(-c2c(F)cc(F)cc2F)n1. The molecule has 8 heteroatoms. The summed E-state index contributed by atoms with van der Waals surface area (Å²) in [6, 6.07) is 1.01. The molecule has 0 atom stereocenters. The van der Waals surface area contributed by atoms with E-state index in [1.807, 2.05) is 0 Å². The molecule has 0 aliphatic heterocycles. The summed E-state index contributed by atoms with van der Waals surface area (Å²) in [7, 11) is 0. The summed E-state index contributed by atoms with van der Waals surface area (Å²) >= 11 is 5.47. The van der Waals surface area contributed by atoms with Crippen molar-refractivity contribution >= 4 is 17.5 Å². The average Bonchev–Trinajstić information content (AvgIpc) is 2.13. The van der Waals surface area contributed by atoms with Gasteiger partial charge in [-0.1, -0.05) is 0 Å². The Balaban J connectivity index is 2.68. The van der Waals surface area contributed by atoms with E-state index < -0.39 is 28.8 Å². The number of hydrogen-bond acceptors (Lipinski definition) is 4. The predicted molar refractivity (Wildman–Crippen MR) is 54.6 cm³/mol. The minimum absolute atomic E-state index is 0.289. The monoisotopic (exact) mass is 260 g/mol. The Hall–Kier alpha value is -1.89. The first-order valence-corrected chi connectivity index (χ1v) is 4.67. The van der Waals surface area contributed by atoms with Crippen molar-refractivity contribution in [2.45, 2.75) is 0 Å². The quantitative estimate of drug-likeness (QED) is 0.854. The Labute approximate surface area is 98.3 Å². The zero-order valence-corrected chi connectivity index (χ0v) is 8.84. The van der Waals surface area contributed by atoms with Crippen LogP contribution >= 0.6 is 11.6 Å². The van der Waals surface area contributed by atoms with Crippen LogP contribution in [0.5, 0.6) is 0 Å². The minimum atomic E-state index is -1.15. The first kappa shape index (κ1) is 11.6. The summed E-state index contributed by atoms with van der Waals surface area (Å²) in [6.07, 6.45) is 0. The maximum atomic E-state index is 13.4. The highest BCUT2D eigenvalue weighted by molar-refractivity contribution is 6.28. The summed E-state index contributed by atoms with van der Waals surface area (Å²) in [4.78, 5) is 10.5. The summed E-state index contributed by atoms with van der Waals surface area (Å²) < 4.78 is 39.5. The average molecular weight is 261 g/mol. The molecule has 0 aliphatic carbocycles. The molecule has 88 valence electrons. The van der Waals surface area contributed by atoms with Crippen molar-refractivity contribution in [3.05, 3.63) is 34.9 Å². The summed E-state index contributed by atoms with van der Waals surface area (Å²) in [5.74, 6) is -4.02. The van der Waals surface area contributed by atoms with E-state index in [1.54, 1.807) is 0 Å². The summed E-state index contributed by atoms with van der Waals surface area (Å²) in [5.41, 5.74) is 4.65. The van der Waals surface area contributed by atoms with Crippen LogP contribution in [-0.2, 0) is 0 Å². The zero-order valence-electron chi connectivity index (χ0n) is 8.09. The molecule has 2 aromatic rings.